The Bertz CT molecular complexity index is 560. The Morgan fingerprint density at radius 1 is 1.27 bits per heavy atom. The molecule has 1 fully saturated rings. The van der Waals surface area contributed by atoms with Crippen LogP contribution in [0.2, 0.25) is 0 Å². The maximum atomic E-state index is 12.0. The third-order valence-corrected chi connectivity index (χ3v) is 3.89. The molecule has 1 amide bonds. The molecule has 146 valence electrons. The third kappa shape index (κ3) is 8.22. The fourth-order valence-electron chi connectivity index (χ4n) is 2.51. The predicted molar refractivity (Wildman–Crippen MR) is 113 cm³/mol. The first kappa shape index (κ1) is 22.5. The summed E-state index contributed by atoms with van der Waals surface area (Å²) >= 11 is 0. The first-order valence-electron chi connectivity index (χ1n) is 8.74. The number of hydrogen-bond acceptors (Lipinski definition) is 4. The second-order valence-electron chi connectivity index (χ2n) is 5.84. The van der Waals surface area contributed by atoms with E-state index < -0.39 is 0 Å². The Labute approximate surface area is 172 Å². The van der Waals surface area contributed by atoms with Crippen LogP contribution in [0.3, 0.4) is 0 Å². The summed E-state index contributed by atoms with van der Waals surface area (Å²) in [6, 6.07) is 7.60. The highest BCUT2D eigenvalue weighted by Gasteiger charge is 2.15. The van der Waals surface area contributed by atoms with Crippen molar-refractivity contribution in [1.29, 1.82) is 0 Å². The van der Waals surface area contributed by atoms with Crippen molar-refractivity contribution >= 4 is 35.8 Å². The first-order chi connectivity index (χ1) is 12.2. The molecule has 1 atom stereocenters. The van der Waals surface area contributed by atoms with E-state index in [4.69, 9.17) is 9.47 Å². The summed E-state index contributed by atoms with van der Waals surface area (Å²) in [6.07, 6.45) is 2.40. The SMILES string of the molecule is CCNC(=NCC(=O)NCc1ccc(OC)cc1)NCC1CCCO1.I. The third-order valence-electron chi connectivity index (χ3n) is 3.89. The Morgan fingerprint density at radius 2 is 2.04 bits per heavy atom. The highest BCUT2D eigenvalue weighted by molar-refractivity contribution is 14.0. The maximum absolute atomic E-state index is 12.0. The van der Waals surface area contributed by atoms with E-state index in [1.807, 2.05) is 31.2 Å². The summed E-state index contributed by atoms with van der Waals surface area (Å²) in [6.45, 7) is 4.82. The van der Waals surface area contributed by atoms with Crippen LogP contribution in [0.4, 0.5) is 0 Å². The zero-order valence-electron chi connectivity index (χ0n) is 15.4. The molecule has 7 nitrogen and oxygen atoms in total. The lowest BCUT2D eigenvalue weighted by Crippen LogP contribution is -2.41. The Kier molecular flexibility index (Phi) is 11.0. The molecule has 1 unspecified atom stereocenters. The molecule has 8 heteroatoms. The van der Waals surface area contributed by atoms with E-state index in [9.17, 15) is 4.79 Å². The van der Waals surface area contributed by atoms with Gasteiger partial charge in [-0.2, -0.15) is 0 Å². The van der Waals surface area contributed by atoms with Crippen molar-refractivity contribution in [2.24, 2.45) is 4.99 Å². The van der Waals surface area contributed by atoms with E-state index in [1.165, 1.54) is 0 Å². The van der Waals surface area contributed by atoms with Gasteiger partial charge in [0.2, 0.25) is 5.91 Å². The van der Waals surface area contributed by atoms with Crippen molar-refractivity contribution in [2.45, 2.75) is 32.4 Å². The van der Waals surface area contributed by atoms with Gasteiger partial charge < -0.3 is 25.4 Å². The van der Waals surface area contributed by atoms with Gasteiger partial charge in [0, 0.05) is 26.2 Å². The molecule has 0 aromatic heterocycles. The van der Waals surface area contributed by atoms with Gasteiger partial charge in [0.1, 0.15) is 12.3 Å². The van der Waals surface area contributed by atoms with Gasteiger partial charge in [0.25, 0.3) is 0 Å². The molecule has 3 N–H and O–H groups in total. The Morgan fingerprint density at radius 3 is 2.65 bits per heavy atom. The van der Waals surface area contributed by atoms with Crippen LogP contribution in [-0.2, 0) is 16.1 Å². The van der Waals surface area contributed by atoms with Crippen molar-refractivity contribution in [3.63, 3.8) is 0 Å². The van der Waals surface area contributed by atoms with E-state index in [0.29, 0.717) is 19.0 Å². The van der Waals surface area contributed by atoms with Crippen molar-refractivity contribution in [3.8, 4) is 5.75 Å². The Hall–Kier alpha value is -1.55. The number of amides is 1. The first-order valence-corrected chi connectivity index (χ1v) is 8.74. The van der Waals surface area contributed by atoms with Crippen LogP contribution in [0.25, 0.3) is 0 Å². The fourth-order valence-corrected chi connectivity index (χ4v) is 2.51. The topological polar surface area (TPSA) is 84.0 Å². The standard InChI is InChI=1S/C18H28N4O3.HI/c1-3-19-18(21-12-16-5-4-10-25-16)22-13-17(23)20-11-14-6-8-15(24-2)9-7-14;/h6-9,16H,3-5,10-13H2,1-2H3,(H,20,23)(H2,19,21,22);1H. The van der Waals surface area contributed by atoms with E-state index in [2.05, 4.69) is 20.9 Å². The normalized spacial score (nSPS) is 16.5. The van der Waals surface area contributed by atoms with Crippen LogP contribution in [-0.4, -0.2) is 51.3 Å². The second-order valence-corrected chi connectivity index (χ2v) is 5.84. The van der Waals surface area contributed by atoms with Gasteiger partial charge in [-0.25, -0.2) is 4.99 Å². The van der Waals surface area contributed by atoms with Gasteiger partial charge in [0.05, 0.1) is 13.2 Å². The number of aliphatic imine (C=N–C) groups is 1. The van der Waals surface area contributed by atoms with Crippen molar-refractivity contribution < 1.29 is 14.3 Å². The lowest BCUT2D eigenvalue weighted by Gasteiger charge is -2.14. The average molecular weight is 476 g/mol. The number of ether oxygens (including phenoxy) is 2. The summed E-state index contributed by atoms with van der Waals surface area (Å²) < 4.78 is 10.7. The summed E-state index contributed by atoms with van der Waals surface area (Å²) in [5.41, 5.74) is 1.02. The highest BCUT2D eigenvalue weighted by Crippen LogP contribution is 2.11. The fraction of sp³-hybridized carbons (Fsp3) is 0.556. The predicted octanol–water partition coefficient (Wildman–Crippen LogP) is 1.66. The maximum Gasteiger partial charge on any atom is 0.242 e. The molecule has 1 aromatic rings. The molecule has 1 aliphatic heterocycles. The lowest BCUT2D eigenvalue weighted by molar-refractivity contribution is -0.119. The van der Waals surface area contributed by atoms with E-state index >= 15 is 0 Å². The summed E-state index contributed by atoms with van der Waals surface area (Å²) in [4.78, 5) is 16.3. The van der Waals surface area contributed by atoms with Crippen LogP contribution < -0.4 is 20.7 Å². The molecule has 0 bridgehead atoms. The van der Waals surface area contributed by atoms with Gasteiger partial charge in [0.15, 0.2) is 5.96 Å². The van der Waals surface area contributed by atoms with E-state index in [1.54, 1.807) is 7.11 Å². The number of halogens is 1. The van der Waals surface area contributed by atoms with Gasteiger partial charge in [-0.1, -0.05) is 12.1 Å². The van der Waals surface area contributed by atoms with Crippen molar-refractivity contribution in [1.82, 2.24) is 16.0 Å². The molecule has 2 rings (SSSR count). The molecule has 1 heterocycles. The van der Waals surface area contributed by atoms with Gasteiger partial charge in [-0.05, 0) is 37.5 Å². The Balaban J connectivity index is 0.00000338. The van der Waals surface area contributed by atoms with Gasteiger partial charge in [-0.3, -0.25) is 4.79 Å². The molecule has 1 aliphatic rings. The zero-order chi connectivity index (χ0) is 17.9. The number of rotatable bonds is 8. The van der Waals surface area contributed by atoms with Crippen LogP contribution in [0.15, 0.2) is 29.3 Å². The number of guanidine groups is 1. The minimum absolute atomic E-state index is 0. The lowest BCUT2D eigenvalue weighted by atomic mass is 10.2. The number of nitrogens with zero attached hydrogens (tertiary/aromatic N) is 1. The summed E-state index contributed by atoms with van der Waals surface area (Å²) in [5.74, 6) is 1.31. The van der Waals surface area contributed by atoms with E-state index in [-0.39, 0.29) is 42.5 Å². The number of carbonyl (C=O) groups excluding carboxylic acids is 1. The molecule has 0 spiro atoms. The van der Waals surface area contributed by atoms with Gasteiger partial charge >= 0.3 is 0 Å². The molecule has 0 radical (unpaired) electrons. The number of carbonyl (C=O) groups is 1. The average Bonchev–Trinajstić information content (AvgIpc) is 3.16. The molecule has 26 heavy (non-hydrogen) atoms. The van der Waals surface area contributed by atoms with Gasteiger partial charge in [-0.15, -0.1) is 24.0 Å². The quantitative estimate of drug-likeness (QED) is 0.302. The smallest absolute Gasteiger partial charge is 0.242 e. The second kappa shape index (κ2) is 12.7. The van der Waals surface area contributed by atoms with Crippen LogP contribution in [0, 0.1) is 0 Å². The molecule has 0 aliphatic carbocycles. The number of nitrogens with one attached hydrogen (secondary N) is 3. The molecular weight excluding hydrogens is 447 g/mol. The number of hydrogen-bond donors (Lipinski definition) is 3. The van der Waals surface area contributed by atoms with Crippen LogP contribution in [0.1, 0.15) is 25.3 Å². The van der Waals surface area contributed by atoms with Crippen LogP contribution in [0.5, 0.6) is 5.75 Å². The van der Waals surface area contributed by atoms with Crippen LogP contribution >= 0.6 is 24.0 Å². The highest BCUT2D eigenvalue weighted by atomic mass is 127. The summed E-state index contributed by atoms with van der Waals surface area (Å²) in [5, 5.41) is 9.23. The monoisotopic (exact) mass is 476 g/mol. The molecular formula is C18H29IN4O3. The van der Waals surface area contributed by atoms with Crippen molar-refractivity contribution in [3.05, 3.63) is 29.8 Å². The van der Waals surface area contributed by atoms with E-state index in [0.717, 1.165) is 37.3 Å². The zero-order valence-corrected chi connectivity index (χ0v) is 17.7. The number of benzene rings is 1. The minimum Gasteiger partial charge on any atom is -0.497 e. The molecule has 0 saturated carbocycles. The summed E-state index contributed by atoms with van der Waals surface area (Å²) in [7, 11) is 1.63. The molecule has 1 aromatic carbocycles. The largest absolute Gasteiger partial charge is 0.497 e. The molecule has 1 saturated heterocycles. The minimum atomic E-state index is -0.120. The van der Waals surface area contributed by atoms with Crippen molar-refractivity contribution in [2.75, 3.05) is 33.4 Å². The number of methoxy groups -OCH3 is 1.